The summed E-state index contributed by atoms with van der Waals surface area (Å²) in [7, 11) is 0. The van der Waals surface area contributed by atoms with E-state index in [0.29, 0.717) is 25.1 Å². The van der Waals surface area contributed by atoms with Gasteiger partial charge in [0.05, 0.1) is 12.1 Å². The number of benzene rings is 3. The molecular weight excluding hydrogens is 551 g/mol. The van der Waals surface area contributed by atoms with Crippen LogP contribution >= 0.6 is 15.9 Å². The number of hydrogen-bond acceptors (Lipinski definition) is 4. The molecule has 1 saturated heterocycles. The van der Waals surface area contributed by atoms with E-state index in [1.54, 1.807) is 28.6 Å². The molecule has 0 aliphatic carbocycles. The number of nitrogens with zero attached hydrogens (tertiary/aromatic N) is 3. The van der Waals surface area contributed by atoms with Crippen LogP contribution in [0.15, 0.2) is 77.4 Å². The molecule has 2 atom stereocenters. The molecule has 2 aliphatic heterocycles. The van der Waals surface area contributed by atoms with Crippen LogP contribution in [0, 0.1) is 5.82 Å². The molecule has 1 N–H and O–H groups in total. The van der Waals surface area contributed by atoms with Crippen molar-refractivity contribution < 1.29 is 18.7 Å². The predicted octanol–water partition coefficient (Wildman–Crippen LogP) is 5.42. The summed E-state index contributed by atoms with van der Waals surface area (Å²) in [6.45, 7) is 2.18. The molecule has 0 unspecified atom stereocenters. The van der Waals surface area contributed by atoms with Crippen molar-refractivity contribution in [3.8, 4) is 16.9 Å². The highest BCUT2D eigenvalue weighted by molar-refractivity contribution is 9.10. The van der Waals surface area contributed by atoms with Crippen LogP contribution in [0.5, 0.6) is 0 Å². The van der Waals surface area contributed by atoms with Gasteiger partial charge >= 0.3 is 0 Å². The maximum Gasteiger partial charge on any atom is 0.253 e. The minimum absolute atomic E-state index is 0.00901. The van der Waals surface area contributed by atoms with Gasteiger partial charge < -0.3 is 15.0 Å². The van der Waals surface area contributed by atoms with E-state index in [1.807, 2.05) is 48.7 Å². The van der Waals surface area contributed by atoms with Gasteiger partial charge in [-0.3, -0.25) is 9.59 Å². The molecule has 0 bridgehead atoms. The van der Waals surface area contributed by atoms with Crippen molar-refractivity contribution >= 4 is 33.4 Å². The van der Waals surface area contributed by atoms with Gasteiger partial charge in [-0.1, -0.05) is 28.1 Å². The van der Waals surface area contributed by atoms with Gasteiger partial charge in [0.2, 0.25) is 5.91 Å². The molecule has 0 spiro atoms. The number of carbonyl (C=O) groups is 2. The lowest BCUT2D eigenvalue weighted by Gasteiger charge is -2.23. The second kappa shape index (κ2) is 9.81. The Bertz CT molecular complexity index is 1530. The maximum absolute atomic E-state index is 13.7. The molecular formula is C29H24BrFN4O3. The lowest BCUT2D eigenvalue weighted by molar-refractivity contribution is -0.130. The van der Waals surface area contributed by atoms with Crippen molar-refractivity contribution in [3.05, 3.63) is 99.9 Å². The summed E-state index contributed by atoms with van der Waals surface area (Å²) in [6.07, 6.45) is 1.58. The number of nitrogens with one attached hydrogen (secondary N) is 1. The van der Waals surface area contributed by atoms with Gasteiger partial charge in [0.25, 0.3) is 5.91 Å². The number of aromatic nitrogens is 2. The first-order valence-corrected chi connectivity index (χ1v) is 13.1. The third-order valence-corrected chi connectivity index (χ3v) is 7.43. The van der Waals surface area contributed by atoms with E-state index < -0.39 is 12.3 Å². The van der Waals surface area contributed by atoms with Gasteiger partial charge in [-0.15, -0.1) is 0 Å². The summed E-state index contributed by atoms with van der Waals surface area (Å²) < 4.78 is 22.6. The molecule has 192 valence electrons. The first kappa shape index (κ1) is 24.5. The van der Waals surface area contributed by atoms with Crippen LogP contribution in [0.3, 0.4) is 0 Å². The van der Waals surface area contributed by atoms with E-state index in [0.717, 1.165) is 38.1 Å². The van der Waals surface area contributed by atoms with Crippen LogP contribution in [0.4, 0.5) is 10.1 Å². The normalized spacial score (nSPS) is 18.7. The highest BCUT2D eigenvalue weighted by Crippen LogP contribution is 2.37. The highest BCUT2D eigenvalue weighted by atomic mass is 79.9. The lowest BCUT2D eigenvalue weighted by atomic mass is 10.0. The van der Waals surface area contributed by atoms with E-state index in [9.17, 15) is 14.0 Å². The summed E-state index contributed by atoms with van der Waals surface area (Å²) in [5.74, 6) is -0.448. The number of amides is 2. The SMILES string of the molecule is C[C@@H]1O[C@@H](c2cn(-c3ccc(Br)cc3)nc2-c2ccc(F)cc2)N(CCc2ccc3c(c2)CC(=O)N3)C1=O. The molecule has 2 amide bonds. The standard InChI is InChI=1S/C29H24BrFN4O3/c1-17-28(37)34(13-12-18-2-11-25-20(14-18)15-26(36)32-25)29(38-17)24-16-35(23-9-5-21(30)6-10-23)33-27(24)19-3-7-22(31)8-4-19/h2-11,14,16-17,29H,12-13,15H2,1H3,(H,32,36)/t17-,29-/m0/s1. The quantitative estimate of drug-likeness (QED) is 0.333. The van der Waals surface area contributed by atoms with E-state index in [2.05, 4.69) is 21.2 Å². The molecule has 0 saturated carbocycles. The molecule has 0 radical (unpaired) electrons. The zero-order valence-corrected chi connectivity index (χ0v) is 22.1. The van der Waals surface area contributed by atoms with Crippen LogP contribution in [-0.2, 0) is 27.2 Å². The summed E-state index contributed by atoms with van der Waals surface area (Å²) in [5.41, 5.74) is 5.76. The Balaban J connectivity index is 1.34. The average molecular weight is 575 g/mol. The molecule has 2 aliphatic rings. The number of rotatable bonds is 6. The first-order valence-electron chi connectivity index (χ1n) is 12.3. The predicted molar refractivity (Wildman–Crippen MR) is 144 cm³/mol. The number of carbonyl (C=O) groups excluding carboxylic acids is 2. The molecule has 6 rings (SSSR count). The van der Waals surface area contributed by atoms with Crippen molar-refractivity contribution in [1.29, 1.82) is 0 Å². The number of halogens is 2. The monoisotopic (exact) mass is 574 g/mol. The minimum atomic E-state index is -0.653. The van der Waals surface area contributed by atoms with Crippen LogP contribution in [0.25, 0.3) is 16.9 Å². The van der Waals surface area contributed by atoms with Gasteiger partial charge in [-0.2, -0.15) is 5.10 Å². The number of ether oxygens (including phenoxy) is 1. The Morgan fingerprint density at radius 3 is 2.61 bits per heavy atom. The summed E-state index contributed by atoms with van der Waals surface area (Å²) in [5, 5.41) is 7.67. The molecule has 1 aromatic heterocycles. The Hall–Kier alpha value is -3.82. The number of anilines is 1. The zero-order chi connectivity index (χ0) is 26.4. The Kier molecular flexibility index (Phi) is 6.33. The van der Waals surface area contributed by atoms with Crippen LogP contribution in [0.1, 0.15) is 29.8 Å². The van der Waals surface area contributed by atoms with E-state index in [1.165, 1.54) is 12.1 Å². The fourth-order valence-corrected chi connectivity index (χ4v) is 5.22. The first-order chi connectivity index (χ1) is 18.4. The van der Waals surface area contributed by atoms with Gasteiger partial charge in [0, 0.05) is 34.0 Å². The molecule has 4 aromatic rings. The van der Waals surface area contributed by atoms with Crippen molar-refractivity contribution in [1.82, 2.24) is 14.7 Å². The molecule has 3 aromatic carbocycles. The Labute approximate surface area is 227 Å². The van der Waals surface area contributed by atoms with Gasteiger partial charge in [-0.25, -0.2) is 9.07 Å². The summed E-state index contributed by atoms with van der Waals surface area (Å²) in [4.78, 5) is 26.7. The molecule has 3 heterocycles. The third kappa shape index (κ3) is 4.63. The van der Waals surface area contributed by atoms with Gasteiger partial charge in [0.15, 0.2) is 6.23 Å². The Morgan fingerprint density at radius 1 is 1.08 bits per heavy atom. The van der Waals surface area contributed by atoms with E-state index in [-0.39, 0.29) is 17.6 Å². The van der Waals surface area contributed by atoms with E-state index in [4.69, 9.17) is 9.84 Å². The van der Waals surface area contributed by atoms with Crippen LogP contribution in [0.2, 0.25) is 0 Å². The highest BCUT2D eigenvalue weighted by Gasteiger charge is 2.40. The smallest absolute Gasteiger partial charge is 0.253 e. The lowest BCUT2D eigenvalue weighted by Crippen LogP contribution is -2.32. The number of fused-ring (bicyclic) bond motifs is 1. The fraction of sp³-hybridized carbons (Fsp3) is 0.207. The van der Waals surface area contributed by atoms with Crippen molar-refractivity contribution in [2.75, 3.05) is 11.9 Å². The number of hydrogen-bond donors (Lipinski definition) is 1. The fourth-order valence-electron chi connectivity index (χ4n) is 4.96. The van der Waals surface area contributed by atoms with Crippen molar-refractivity contribution in [2.24, 2.45) is 0 Å². The zero-order valence-electron chi connectivity index (χ0n) is 20.5. The van der Waals surface area contributed by atoms with Gasteiger partial charge in [-0.05, 0) is 79.1 Å². The van der Waals surface area contributed by atoms with Crippen molar-refractivity contribution in [3.63, 3.8) is 0 Å². The van der Waals surface area contributed by atoms with E-state index >= 15 is 0 Å². The second-order valence-corrected chi connectivity index (χ2v) is 10.4. The van der Waals surface area contributed by atoms with Crippen LogP contribution in [-0.4, -0.2) is 39.1 Å². The summed E-state index contributed by atoms with van der Waals surface area (Å²) >= 11 is 3.46. The maximum atomic E-state index is 13.7. The average Bonchev–Trinajstić information content (AvgIpc) is 3.58. The molecule has 38 heavy (non-hydrogen) atoms. The molecule has 1 fully saturated rings. The third-order valence-electron chi connectivity index (χ3n) is 6.90. The van der Waals surface area contributed by atoms with Gasteiger partial charge in [0.1, 0.15) is 17.6 Å². The topological polar surface area (TPSA) is 76.5 Å². The van der Waals surface area contributed by atoms with Crippen LogP contribution < -0.4 is 5.32 Å². The largest absolute Gasteiger partial charge is 0.341 e. The molecule has 9 heteroatoms. The summed E-state index contributed by atoms with van der Waals surface area (Å²) in [6, 6.07) is 19.8. The Morgan fingerprint density at radius 2 is 1.84 bits per heavy atom. The second-order valence-electron chi connectivity index (χ2n) is 9.49. The molecule has 7 nitrogen and oxygen atoms in total. The van der Waals surface area contributed by atoms with Crippen molar-refractivity contribution in [2.45, 2.75) is 32.1 Å². The minimum Gasteiger partial charge on any atom is -0.341 e.